The van der Waals surface area contributed by atoms with Gasteiger partial charge in [0.25, 0.3) is 11.6 Å². The smallest absolute Gasteiger partial charge is 0.322 e. The van der Waals surface area contributed by atoms with Crippen molar-refractivity contribution in [3.05, 3.63) is 75.5 Å². The largest absolute Gasteiger partial charge is 0.327 e. The van der Waals surface area contributed by atoms with Gasteiger partial charge in [-0.05, 0) is 29.8 Å². The van der Waals surface area contributed by atoms with E-state index in [0.717, 1.165) is 0 Å². The molecule has 0 fully saturated rings. The van der Waals surface area contributed by atoms with Gasteiger partial charge in [0.2, 0.25) is 10.0 Å². The van der Waals surface area contributed by atoms with E-state index in [1.54, 1.807) is 6.07 Å². The molecule has 3 amide bonds. The Morgan fingerprint density at radius 2 is 1.84 bits per heavy atom. The van der Waals surface area contributed by atoms with Gasteiger partial charge in [0.15, 0.2) is 0 Å². The van der Waals surface area contributed by atoms with Gasteiger partial charge < -0.3 is 10.2 Å². The third kappa shape index (κ3) is 3.51. The molecular weight excluding hydrogens is 426 g/mol. The fourth-order valence-electron chi connectivity index (χ4n) is 3.66. The lowest BCUT2D eigenvalue weighted by Crippen LogP contribution is -2.45. The molecule has 0 bridgehead atoms. The van der Waals surface area contributed by atoms with Gasteiger partial charge in [-0.15, -0.1) is 0 Å². The van der Waals surface area contributed by atoms with Gasteiger partial charge in [-0.25, -0.2) is 18.4 Å². The summed E-state index contributed by atoms with van der Waals surface area (Å²) in [5.41, 5.74) is 1.42. The number of carbonyl (C=O) groups is 2. The van der Waals surface area contributed by atoms with Crippen LogP contribution in [-0.4, -0.2) is 43.8 Å². The lowest BCUT2D eigenvalue weighted by molar-refractivity contribution is -0.384. The predicted molar refractivity (Wildman–Crippen MR) is 109 cm³/mol. The van der Waals surface area contributed by atoms with E-state index in [9.17, 15) is 28.1 Å². The van der Waals surface area contributed by atoms with Gasteiger partial charge in [0.1, 0.15) is 0 Å². The first-order valence-electron chi connectivity index (χ1n) is 9.04. The number of sulfonamides is 1. The highest BCUT2D eigenvalue weighted by Crippen LogP contribution is 2.38. The number of rotatable bonds is 4. The third-order valence-electron chi connectivity index (χ3n) is 5.25. The average Bonchev–Trinajstić information content (AvgIpc) is 3.08. The molecule has 2 aliphatic heterocycles. The number of urea groups is 1. The fourth-order valence-corrected chi connectivity index (χ4v) is 4.18. The number of likely N-dealkylation sites (N-methyl/N-ethyl adjacent to an activating group) is 1. The number of carbonyl (C=O) groups excluding carboxylic acids is 2. The second kappa shape index (κ2) is 7.18. The minimum atomic E-state index is -3.88. The zero-order valence-corrected chi connectivity index (χ0v) is 17.0. The van der Waals surface area contributed by atoms with E-state index < -0.39 is 32.9 Å². The molecule has 0 saturated carbocycles. The zero-order valence-electron chi connectivity index (χ0n) is 16.2. The molecule has 11 nitrogen and oxygen atoms in total. The van der Waals surface area contributed by atoms with Gasteiger partial charge in [-0.3, -0.25) is 19.8 Å². The molecule has 0 spiro atoms. The molecule has 0 radical (unpaired) electrons. The second-order valence-corrected chi connectivity index (χ2v) is 8.65. The Morgan fingerprint density at radius 1 is 1.16 bits per heavy atom. The van der Waals surface area contributed by atoms with E-state index in [4.69, 9.17) is 5.14 Å². The molecule has 160 valence electrons. The predicted octanol–water partition coefficient (Wildman–Crippen LogP) is 1.24. The molecule has 0 saturated heterocycles. The number of nitro benzene ring substituents is 1. The number of primary sulfonamides is 1. The molecule has 2 aliphatic rings. The maximum Gasteiger partial charge on any atom is 0.322 e. The normalized spacial score (nSPS) is 18.8. The molecule has 12 heteroatoms. The van der Waals surface area contributed by atoms with Gasteiger partial charge in [0, 0.05) is 24.9 Å². The SMILES string of the molecule is CN1C(=O)N[C@@H](c2cccc([N+](=O)[O-])c2)C2=C1CN(c1ccc(S(N)(=O)=O)cc1)C2=O. The van der Waals surface area contributed by atoms with Gasteiger partial charge in [0.05, 0.1) is 33.7 Å². The van der Waals surface area contributed by atoms with Crippen LogP contribution in [0.15, 0.2) is 64.7 Å². The van der Waals surface area contributed by atoms with Crippen molar-refractivity contribution >= 4 is 33.3 Å². The standard InChI is InChI=1S/C19H17N5O6S/c1-22-15-10-23(12-5-7-14(8-6-12)31(20,29)30)18(25)16(15)17(21-19(22)26)11-3-2-4-13(9-11)24(27)28/h2-9,17H,10H2,1H3,(H,21,26)(H2,20,29,30)/t17-/m0/s1. The Labute approximate surface area is 176 Å². The van der Waals surface area contributed by atoms with E-state index in [2.05, 4.69) is 5.32 Å². The van der Waals surface area contributed by atoms with Crippen LogP contribution in [0.3, 0.4) is 0 Å². The summed E-state index contributed by atoms with van der Waals surface area (Å²) in [6.45, 7) is 0.0816. The van der Waals surface area contributed by atoms with Crippen molar-refractivity contribution in [2.24, 2.45) is 5.14 Å². The number of nitrogens with zero attached hydrogens (tertiary/aromatic N) is 3. The molecule has 2 aromatic carbocycles. The minimum Gasteiger partial charge on any atom is -0.327 e. The van der Waals surface area contributed by atoms with E-state index in [1.807, 2.05) is 0 Å². The molecule has 1 atom stereocenters. The summed E-state index contributed by atoms with van der Waals surface area (Å²) in [6.07, 6.45) is 0. The van der Waals surface area contributed by atoms with Crippen molar-refractivity contribution in [3.63, 3.8) is 0 Å². The first-order chi connectivity index (χ1) is 14.6. The third-order valence-corrected chi connectivity index (χ3v) is 6.18. The van der Waals surface area contributed by atoms with Crippen LogP contribution in [-0.2, 0) is 14.8 Å². The van der Waals surface area contributed by atoms with Crippen LogP contribution in [0.5, 0.6) is 0 Å². The number of amides is 3. The summed E-state index contributed by atoms with van der Waals surface area (Å²) in [5.74, 6) is -0.401. The Kier molecular flexibility index (Phi) is 4.75. The number of nitro groups is 1. The molecule has 31 heavy (non-hydrogen) atoms. The van der Waals surface area contributed by atoms with Crippen LogP contribution in [0.25, 0.3) is 0 Å². The minimum absolute atomic E-state index is 0.0816. The maximum absolute atomic E-state index is 13.3. The topological polar surface area (TPSA) is 156 Å². The molecule has 4 rings (SSSR count). The fraction of sp³-hybridized carbons (Fsp3) is 0.158. The van der Waals surface area contributed by atoms with Crippen molar-refractivity contribution in [2.45, 2.75) is 10.9 Å². The van der Waals surface area contributed by atoms with Crippen molar-refractivity contribution in [3.8, 4) is 0 Å². The van der Waals surface area contributed by atoms with Crippen LogP contribution >= 0.6 is 0 Å². The van der Waals surface area contributed by atoms with E-state index in [-0.39, 0.29) is 22.7 Å². The van der Waals surface area contributed by atoms with Crippen molar-refractivity contribution in [1.29, 1.82) is 0 Å². The Hall–Kier alpha value is -3.77. The number of nitrogens with two attached hydrogens (primary N) is 1. The second-order valence-electron chi connectivity index (χ2n) is 7.08. The van der Waals surface area contributed by atoms with E-state index >= 15 is 0 Å². The number of hydrogen-bond donors (Lipinski definition) is 2. The molecule has 0 unspecified atom stereocenters. The molecular formula is C19H17N5O6S. The van der Waals surface area contributed by atoms with Gasteiger partial charge in [-0.2, -0.15) is 0 Å². The van der Waals surface area contributed by atoms with E-state index in [0.29, 0.717) is 16.9 Å². The molecule has 2 heterocycles. The summed E-state index contributed by atoms with van der Waals surface area (Å²) in [6, 6.07) is 9.91. The molecule has 0 aromatic heterocycles. The van der Waals surface area contributed by atoms with Crippen LogP contribution in [0.4, 0.5) is 16.2 Å². The first kappa shape index (κ1) is 20.5. The summed E-state index contributed by atoms with van der Waals surface area (Å²) in [7, 11) is -2.36. The van der Waals surface area contributed by atoms with Crippen LogP contribution < -0.4 is 15.4 Å². The Morgan fingerprint density at radius 3 is 2.45 bits per heavy atom. The average molecular weight is 443 g/mol. The summed E-state index contributed by atoms with van der Waals surface area (Å²) in [5, 5.41) is 19.0. The van der Waals surface area contributed by atoms with Crippen LogP contribution in [0, 0.1) is 10.1 Å². The maximum atomic E-state index is 13.3. The summed E-state index contributed by atoms with van der Waals surface area (Å²) < 4.78 is 23.0. The lowest BCUT2D eigenvalue weighted by Gasteiger charge is -2.30. The number of nitrogens with one attached hydrogen (secondary N) is 1. The number of non-ortho nitro benzene ring substituents is 1. The Bertz CT molecular complexity index is 1250. The zero-order chi connectivity index (χ0) is 22.5. The highest BCUT2D eigenvalue weighted by Gasteiger charge is 2.43. The summed E-state index contributed by atoms with van der Waals surface area (Å²) >= 11 is 0. The first-order valence-corrected chi connectivity index (χ1v) is 10.6. The quantitative estimate of drug-likeness (QED) is 0.535. The van der Waals surface area contributed by atoms with Gasteiger partial charge in [-0.1, -0.05) is 12.1 Å². The van der Waals surface area contributed by atoms with Crippen LogP contribution in [0.2, 0.25) is 0 Å². The number of benzene rings is 2. The van der Waals surface area contributed by atoms with E-state index in [1.165, 1.54) is 59.3 Å². The number of anilines is 1. The van der Waals surface area contributed by atoms with Crippen molar-refractivity contribution in [1.82, 2.24) is 10.2 Å². The highest BCUT2D eigenvalue weighted by atomic mass is 32.2. The van der Waals surface area contributed by atoms with Crippen LogP contribution in [0.1, 0.15) is 11.6 Å². The van der Waals surface area contributed by atoms with Crippen molar-refractivity contribution < 1.29 is 22.9 Å². The lowest BCUT2D eigenvalue weighted by atomic mass is 9.95. The summed E-state index contributed by atoms with van der Waals surface area (Å²) in [4.78, 5) is 39.0. The highest BCUT2D eigenvalue weighted by molar-refractivity contribution is 7.89. The molecule has 2 aromatic rings. The van der Waals surface area contributed by atoms with Gasteiger partial charge >= 0.3 is 6.03 Å². The van der Waals surface area contributed by atoms with Crippen molar-refractivity contribution in [2.75, 3.05) is 18.5 Å². The monoisotopic (exact) mass is 443 g/mol. The molecule has 0 aliphatic carbocycles. The Balaban J connectivity index is 1.73. The number of hydrogen-bond acceptors (Lipinski definition) is 6. The molecule has 3 N–H and O–H groups in total.